The molecule has 0 bridgehead atoms. The van der Waals surface area contributed by atoms with E-state index in [1.165, 1.54) is 17.3 Å². The van der Waals surface area contributed by atoms with Crippen molar-refractivity contribution in [3.05, 3.63) is 58.0 Å². The van der Waals surface area contributed by atoms with Gasteiger partial charge in [-0.1, -0.05) is 17.8 Å². The number of hydrogen-bond acceptors (Lipinski definition) is 6. The number of anilines is 1. The van der Waals surface area contributed by atoms with Crippen molar-refractivity contribution in [2.24, 2.45) is 0 Å². The summed E-state index contributed by atoms with van der Waals surface area (Å²) in [6, 6.07) is 11.1. The van der Waals surface area contributed by atoms with Crippen LogP contribution in [-0.4, -0.2) is 41.3 Å². The van der Waals surface area contributed by atoms with Gasteiger partial charge in [-0.2, -0.15) is 4.68 Å². The molecule has 4 aromatic rings. The number of fused-ring (bicyclic) bond motifs is 1. The van der Waals surface area contributed by atoms with Crippen LogP contribution >= 0.6 is 11.8 Å². The molecule has 4 rings (SSSR count). The molecule has 148 valence electrons. The lowest BCUT2D eigenvalue weighted by molar-refractivity contribution is -0.115. The predicted octanol–water partition coefficient (Wildman–Crippen LogP) is 2.57. The average molecular weight is 409 g/mol. The Labute approximate surface area is 169 Å². The van der Waals surface area contributed by atoms with Gasteiger partial charge < -0.3 is 15.3 Å². The van der Waals surface area contributed by atoms with Crippen molar-refractivity contribution < 1.29 is 4.79 Å². The number of aryl methyl sites for hydroxylation is 2. The Bertz CT molecular complexity index is 1260. The predicted molar refractivity (Wildman–Crippen MR) is 111 cm³/mol. The van der Waals surface area contributed by atoms with E-state index in [9.17, 15) is 9.59 Å². The highest BCUT2D eigenvalue weighted by Crippen LogP contribution is 2.25. The zero-order valence-electron chi connectivity index (χ0n) is 16.1. The van der Waals surface area contributed by atoms with Crippen LogP contribution in [0, 0.1) is 13.8 Å². The van der Waals surface area contributed by atoms with Crippen LogP contribution in [0.5, 0.6) is 0 Å². The monoisotopic (exact) mass is 409 g/mol. The third-order valence-corrected chi connectivity index (χ3v) is 5.64. The van der Waals surface area contributed by atoms with Gasteiger partial charge in [-0.15, -0.1) is 5.10 Å². The number of rotatable bonds is 5. The lowest BCUT2D eigenvalue weighted by Crippen LogP contribution is -2.22. The SMILES string of the molecule is Cc1ccc(-n2nnnc2S[C@@H](C)C(=O)Nc2ccc3[nH]c(=O)[nH]c3c2)cc1C. The van der Waals surface area contributed by atoms with Crippen LogP contribution in [0.3, 0.4) is 0 Å². The molecule has 1 atom stereocenters. The van der Waals surface area contributed by atoms with Crippen LogP contribution in [0.4, 0.5) is 5.69 Å². The summed E-state index contributed by atoms with van der Waals surface area (Å²) in [6.45, 7) is 5.86. The Kier molecular flexibility index (Phi) is 4.93. The van der Waals surface area contributed by atoms with Crippen molar-refractivity contribution in [2.75, 3.05) is 5.32 Å². The molecule has 0 radical (unpaired) electrons. The van der Waals surface area contributed by atoms with Crippen molar-refractivity contribution in [1.82, 2.24) is 30.2 Å². The fourth-order valence-corrected chi connectivity index (χ4v) is 3.65. The second-order valence-electron chi connectivity index (χ2n) is 6.73. The van der Waals surface area contributed by atoms with Gasteiger partial charge >= 0.3 is 5.69 Å². The minimum atomic E-state index is -0.438. The zero-order valence-corrected chi connectivity index (χ0v) is 16.9. The van der Waals surface area contributed by atoms with Gasteiger partial charge in [0.1, 0.15) is 0 Å². The third-order valence-electron chi connectivity index (χ3n) is 4.61. The number of aromatic nitrogens is 6. The lowest BCUT2D eigenvalue weighted by atomic mass is 10.1. The molecule has 0 unspecified atom stereocenters. The standard InChI is InChI=1S/C19H19N7O2S/c1-10-4-6-14(8-11(10)2)26-19(23-24-25-26)29-12(3)17(27)20-13-5-7-15-16(9-13)22-18(28)21-15/h4-9,12H,1-3H3,(H,20,27)(H2,21,22,28)/t12-/m0/s1. The van der Waals surface area contributed by atoms with E-state index in [4.69, 9.17) is 0 Å². The van der Waals surface area contributed by atoms with E-state index in [0.29, 0.717) is 21.9 Å². The topological polar surface area (TPSA) is 121 Å². The maximum atomic E-state index is 12.6. The minimum Gasteiger partial charge on any atom is -0.325 e. The molecule has 0 aliphatic carbocycles. The van der Waals surface area contributed by atoms with E-state index < -0.39 is 5.25 Å². The molecule has 0 aliphatic heterocycles. The first-order chi connectivity index (χ1) is 13.9. The number of imidazole rings is 1. The molecule has 9 nitrogen and oxygen atoms in total. The number of thioether (sulfide) groups is 1. The van der Waals surface area contributed by atoms with Crippen molar-refractivity contribution in [1.29, 1.82) is 0 Å². The van der Waals surface area contributed by atoms with Gasteiger partial charge in [0.25, 0.3) is 0 Å². The molecule has 2 aromatic carbocycles. The summed E-state index contributed by atoms with van der Waals surface area (Å²) in [5.74, 6) is -0.193. The van der Waals surface area contributed by atoms with E-state index in [0.717, 1.165) is 11.3 Å². The van der Waals surface area contributed by atoms with Gasteiger partial charge in [0, 0.05) is 5.69 Å². The van der Waals surface area contributed by atoms with Crippen LogP contribution in [0.2, 0.25) is 0 Å². The molecular weight excluding hydrogens is 390 g/mol. The first-order valence-electron chi connectivity index (χ1n) is 8.96. The Morgan fingerprint density at radius 2 is 1.90 bits per heavy atom. The summed E-state index contributed by atoms with van der Waals surface area (Å²) in [7, 11) is 0. The number of benzene rings is 2. The highest BCUT2D eigenvalue weighted by molar-refractivity contribution is 8.00. The highest BCUT2D eigenvalue weighted by Gasteiger charge is 2.20. The number of nitrogens with one attached hydrogen (secondary N) is 3. The van der Waals surface area contributed by atoms with Gasteiger partial charge in [0.2, 0.25) is 11.1 Å². The first kappa shape index (κ1) is 18.9. The van der Waals surface area contributed by atoms with E-state index in [-0.39, 0.29) is 11.6 Å². The number of hydrogen-bond donors (Lipinski definition) is 3. The summed E-state index contributed by atoms with van der Waals surface area (Å²) in [4.78, 5) is 29.4. The Balaban J connectivity index is 1.49. The quantitative estimate of drug-likeness (QED) is 0.436. The molecule has 0 saturated heterocycles. The Hall–Kier alpha value is -3.40. The molecule has 0 spiro atoms. The summed E-state index contributed by atoms with van der Waals surface area (Å²) in [6.07, 6.45) is 0. The van der Waals surface area contributed by atoms with Crippen LogP contribution in [0.1, 0.15) is 18.1 Å². The maximum Gasteiger partial charge on any atom is 0.323 e. The molecule has 0 saturated carbocycles. The number of amides is 1. The normalized spacial score (nSPS) is 12.2. The van der Waals surface area contributed by atoms with E-state index >= 15 is 0 Å². The first-order valence-corrected chi connectivity index (χ1v) is 9.84. The van der Waals surface area contributed by atoms with Crippen molar-refractivity contribution in [2.45, 2.75) is 31.2 Å². The Morgan fingerprint density at radius 1 is 1.10 bits per heavy atom. The van der Waals surface area contributed by atoms with Crippen LogP contribution in [0.25, 0.3) is 16.7 Å². The van der Waals surface area contributed by atoms with Gasteiger partial charge in [-0.05, 0) is 72.7 Å². The van der Waals surface area contributed by atoms with E-state index in [2.05, 4.69) is 30.8 Å². The van der Waals surface area contributed by atoms with Crippen molar-refractivity contribution in [3.8, 4) is 5.69 Å². The number of nitrogens with zero attached hydrogens (tertiary/aromatic N) is 4. The second-order valence-corrected chi connectivity index (χ2v) is 8.04. The van der Waals surface area contributed by atoms with E-state index in [1.54, 1.807) is 29.8 Å². The second kappa shape index (κ2) is 7.55. The largest absolute Gasteiger partial charge is 0.325 e. The lowest BCUT2D eigenvalue weighted by Gasteiger charge is -2.12. The number of aromatic amines is 2. The number of carbonyl (C=O) groups is 1. The maximum absolute atomic E-state index is 12.6. The van der Waals surface area contributed by atoms with Crippen LogP contribution in [-0.2, 0) is 4.79 Å². The minimum absolute atomic E-state index is 0.193. The fraction of sp³-hybridized carbons (Fsp3) is 0.211. The van der Waals surface area contributed by atoms with Gasteiger partial charge in [0.15, 0.2) is 0 Å². The molecule has 0 aliphatic rings. The molecule has 3 N–H and O–H groups in total. The number of H-pyrrole nitrogens is 2. The highest BCUT2D eigenvalue weighted by atomic mass is 32.2. The summed E-state index contributed by atoms with van der Waals surface area (Å²) < 4.78 is 1.62. The molecular formula is C19H19N7O2S. The van der Waals surface area contributed by atoms with Crippen LogP contribution in [0.15, 0.2) is 46.3 Å². The molecule has 2 heterocycles. The smallest absolute Gasteiger partial charge is 0.323 e. The third kappa shape index (κ3) is 3.92. The summed E-state index contributed by atoms with van der Waals surface area (Å²) >= 11 is 1.27. The Morgan fingerprint density at radius 3 is 2.69 bits per heavy atom. The van der Waals surface area contributed by atoms with Crippen molar-refractivity contribution >= 4 is 34.4 Å². The fourth-order valence-electron chi connectivity index (χ4n) is 2.84. The van der Waals surface area contributed by atoms with Crippen molar-refractivity contribution in [3.63, 3.8) is 0 Å². The van der Waals surface area contributed by atoms with Gasteiger partial charge in [-0.3, -0.25) is 4.79 Å². The van der Waals surface area contributed by atoms with Crippen LogP contribution < -0.4 is 11.0 Å². The molecule has 0 fully saturated rings. The molecule has 1 amide bonds. The van der Waals surface area contributed by atoms with Gasteiger partial charge in [-0.25, -0.2) is 4.79 Å². The molecule has 29 heavy (non-hydrogen) atoms. The van der Waals surface area contributed by atoms with Gasteiger partial charge in [0.05, 0.1) is 22.0 Å². The van der Waals surface area contributed by atoms with E-state index in [1.807, 2.05) is 32.0 Å². The summed E-state index contributed by atoms with van der Waals surface area (Å²) in [5, 5.41) is 14.8. The number of tetrazole rings is 1. The summed E-state index contributed by atoms with van der Waals surface area (Å²) in [5.41, 5.74) is 4.79. The number of carbonyl (C=O) groups excluding carboxylic acids is 1. The average Bonchev–Trinajstić information content (AvgIpc) is 3.29. The molecule has 10 heteroatoms. The zero-order chi connectivity index (χ0) is 20.5. The molecule has 2 aromatic heterocycles.